The third-order valence-electron chi connectivity index (χ3n) is 11.0. The van der Waals surface area contributed by atoms with E-state index >= 15 is 0 Å². The summed E-state index contributed by atoms with van der Waals surface area (Å²) in [6.07, 6.45) is 16.4. The van der Waals surface area contributed by atoms with Crippen LogP contribution in [0.4, 0.5) is 0 Å². The van der Waals surface area contributed by atoms with Gasteiger partial charge in [0.2, 0.25) is 0 Å². The Labute approximate surface area is 279 Å². The first-order valence-electron chi connectivity index (χ1n) is 18.7. The van der Waals surface area contributed by atoms with Crippen LogP contribution in [0.2, 0.25) is 0 Å². The minimum atomic E-state index is -0.937. The lowest BCUT2D eigenvalue weighted by atomic mass is 9.68. The third kappa shape index (κ3) is 9.53. The molecule has 2 aliphatic heterocycles. The highest BCUT2D eigenvalue weighted by atomic mass is 16.5. The molecule has 2 aliphatic carbocycles. The van der Waals surface area contributed by atoms with E-state index in [9.17, 15) is 9.59 Å². The van der Waals surface area contributed by atoms with Crippen molar-refractivity contribution in [2.24, 2.45) is 17.8 Å². The Morgan fingerprint density at radius 3 is 1.93 bits per heavy atom. The monoisotopic (exact) mass is 631 g/mol. The highest BCUT2D eigenvalue weighted by Gasteiger charge is 2.47. The lowest BCUT2D eigenvalue weighted by Crippen LogP contribution is -2.43. The van der Waals surface area contributed by atoms with Crippen LogP contribution in [-0.2, 0) is 24.5 Å². The van der Waals surface area contributed by atoms with Crippen molar-refractivity contribution in [1.29, 1.82) is 0 Å². The van der Waals surface area contributed by atoms with Crippen molar-refractivity contribution < 1.29 is 19.1 Å². The summed E-state index contributed by atoms with van der Waals surface area (Å²) in [7, 11) is 0. The first kappa shape index (κ1) is 36.3. The van der Waals surface area contributed by atoms with Gasteiger partial charge in [-0.25, -0.2) is 0 Å². The molecule has 5 nitrogen and oxygen atoms in total. The number of aldehydes is 1. The highest BCUT2D eigenvalue weighted by molar-refractivity contribution is 5.88. The van der Waals surface area contributed by atoms with Gasteiger partial charge in [-0.2, -0.15) is 0 Å². The van der Waals surface area contributed by atoms with E-state index in [1.165, 1.54) is 70.9 Å². The fraction of sp³-hybridized carbons (Fsp3) is 0.659. The van der Waals surface area contributed by atoms with Gasteiger partial charge in [0.05, 0.1) is 0 Å². The summed E-state index contributed by atoms with van der Waals surface area (Å²) in [5.74, 6) is 1.42. The molecule has 6 rings (SSSR count). The van der Waals surface area contributed by atoms with Crippen molar-refractivity contribution in [3.8, 4) is 0 Å². The zero-order valence-electron chi connectivity index (χ0n) is 29.0. The van der Waals surface area contributed by atoms with Gasteiger partial charge in [0.15, 0.2) is 0 Å². The van der Waals surface area contributed by atoms with Crippen LogP contribution >= 0.6 is 0 Å². The standard InChI is InChI=1S/C35H47NO3.C4H8O.C2H6/c1-2-27(20-23-37)26-35(30-14-5-3-6-15-30,31-16-7-4-8-17-31)34(38)39-33-24-29(28-12-11-13-28)18-19-32(25-33)36-21-9-10-22-36;1-2-4-5-3-1;1-2/h3-8,14-17,23,27-29,32-33H,2,9-13,18-22,24-26H2,1H3;1-4H2;1-2H3. The number of rotatable bonds is 11. The molecule has 0 bridgehead atoms. The maximum atomic E-state index is 14.8. The molecule has 2 saturated heterocycles. The van der Waals surface area contributed by atoms with E-state index < -0.39 is 5.41 Å². The molecule has 0 aromatic heterocycles. The Kier molecular flexibility index (Phi) is 15.3. The van der Waals surface area contributed by atoms with E-state index in [4.69, 9.17) is 9.47 Å². The van der Waals surface area contributed by atoms with Gasteiger partial charge in [0, 0.05) is 25.7 Å². The normalized spacial score (nSPS) is 24.3. The minimum absolute atomic E-state index is 0.0610. The third-order valence-corrected chi connectivity index (χ3v) is 11.0. The molecule has 5 heteroatoms. The summed E-state index contributed by atoms with van der Waals surface area (Å²) >= 11 is 0. The van der Waals surface area contributed by atoms with E-state index in [2.05, 4.69) is 36.1 Å². The van der Waals surface area contributed by atoms with Gasteiger partial charge in [-0.15, -0.1) is 0 Å². The second-order valence-corrected chi connectivity index (χ2v) is 13.8. The van der Waals surface area contributed by atoms with Crippen LogP contribution in [0.15, 0.2) is 60.7 Å². The van der Waals surface area contributed by atoms with Crippen LogP contribution in [-0.4, -0.2) is 55.6 Å². The first-order chi connectivity index (χ1) is 22.6. The van der Waals surface area contributed by atoms with Crippen LogP contribution < -0.4 is 0 Å². The average molecular weight is 632 g/mol. The summed E-state index contributed by atoms with van der Waals surface area (Å²) in [5, 5.41) is 0. The number of benzene rings is 2. The summed E-state index contributed by atoms with van der Waals surface area (Å²) in [6.45, 7) is 10.5. The number of esters is 1. The number of carbonyl (C=O) groups is 2. The summed E-state index contributed by atoms with van der Waals surface area (Å²) in [6, 6.07) is 20.9. The SMILES string of the molecule is C1CCOC1.CC.CCC(CC=O)CC(C(=O)OC1CC(C2CCC2)CCC(N2CCCC2)C1)(c1ccccc1)c1ccccc1. The first-order valence-corrected chi connectivity index (χ1v) is 18.7. The number of hydrogen-bond donors (Lipinski definition) is 0. The molecule has 2 heterocycles. The highest BCUT2D eigenvalue weighted by Crippen LogP contribution is 2.45. The van der Waals surface area contributed by atoms with Gasteiger partial charge in [-0.3, -0.25) is 4.79 Å². The van der Waals surface area contributed by atoms with Crippen molar-refractivity contribution in [3.63, 3.8) is 0 Å². The summed E-state index contributed by atoms with van der Waals surface area (Å²) < 4.78 is 11.7. The minimum Gasteiger partial charge on any atom is -0.461 e. The van der Waals surface area contributed by atoms with Crippen molar-refractivity contribution in [2.75, 3.05) is 26.3 Å². The van der Waals surface area contributed by atoms with E-state index in [1.807, 2.05) is 50.2 Å². The summed E-state index contributed by atoms with van der Waals surface area (Å²) in [5.41, 5.74) is 0.991. The Bertz CT molecular complexity index is 1080. The molecule has 254 valence electrons. The molecular weight excluding hydrogens is 570 g/mol. The van der Waals surface area contributed by atoms with E-state index in [-0.39, 0.29) is 18.0 Å². The lowest BCUT2D eigenvalue weighted by Gasteiger charge is -2.38. The van der Waals surface area contributed by atoms with E-state index in [1.54, 1.807) is 0 Å². The van der Waals surface area contributed by atoms with Gasteiger partial charge >= 0.3 is 5.97 Å². The quantitative estimate of drug-likeness (QED) is 0.141. The van der Waals surface area contributed by atoms with Crippen LogP contribution in [0.3, 0.4) is 0 Å². The molecule has 4 unspecified atom stereocenters. The van der Waals surface area contributed by atoms with Crippen molar-refractivity contribution in [3.05, 3.63) is 71.8 Å². The maximum Gasteiger partial charge on any atom is 0.321 e. The fourth-order valence-electron chi connectivity index (χ4n) is 8.15. The van der Waals surface area contributed by atoms with Crippen LogP contribution in [0.25, 0.3) is 0 Å². The molecule has 4 atom stereocenters. The molecule has 0 radical (unpaired) electrons. The predicted octanol–water partition coefficient (Wildman–Crippen LogP) is 9.17. The molecular formula is C41H61NO4. The topological polar surface area (TPSA) is 55.8 Å². The van der Waals surface area contributed by atoms with Crippen LogP contribution in [0.1, 0.15) is 122 Å². The number of carbonyl (C=O) groups excluding carboxylic acids is 2. The molecule has 2 saturated carbocycles. The lowest BCUT2D eigenvalue weighted by molar-refractivity contribution is -0.157. The van der Waals surface area contributed by atoms with Gasteiger partial charge < -0.3 is 19.2 Å². The fourth-order valence-corrected chi connectivity index (χ4v) is 8.15. The number of nitrogens with zero attached hydrogens (tertiary/aromatic N) is 1. The van der Waals surface area contributed by atoms with E-state index in [0.717, 1.165) is 55.8 Å². The zero-order chi connectivity index (χ0) is 32.6. The zero-order valence-corrected chi connectivity index (χ0v) is 29.0. The number of ether oxygens (including phenoxy) is 2. The summed E-state index contributed by atoms with van der Waals surface area (Å²) in [4.78, 5) is 29.1. The van der Waals surface area contributed by atoms with Gasteiger partial charge in [-0.1, -0.05) is 107 Å². The average Bonchev–Trinajstić information content (AvgIpc) is 3.81. The molecule has 0 spiro atoms. The molecule has 0 N–H and O–H groups in total. The number of hydrogen-bond acceptors (Lipinski definition) is 5. The smallest absolute Gasteiger partial charge is 0.321 e. The van der Waals surface area contributed by atoms with Crippen molar-refractivity contribution in [2.45, 2.75) is 128 Å². The number of likely N-dealkylation sites (tertiary alicyclic amines) is 1. The second kappa shape index (κ2) is 19.4. The molecule has 2 aromatic carbocycles. The largest absolute Gasteiger partial charge is 0.461 e. The Morgan fingerprint density at radius 1 is 0.848 bits per heavy atom. The van der Waals surface area contributed by atoms with Gasteiger partial charge in [0.25, 0.3) is 0 Å². The molecule has 4 aliphatic rings. The van der Waals surface area contributed by atoms with Crippen LogP contribution in [0.5, 0.6) is 0 Å². The van der Waals surface area contributed by atoms with Crippen molar-refractivity contribution in [1.82, 2.24) is 4.90 Å². The Morgan fingerprint density at radius 2 is 1.46 bits per heavy atom. The van der Waals surface area contributed by atoms with E-state index in [0.29, 0.717) is 24.8 Å². The van der Waals surface area contributed by atoms with Gasteiger partial charge in [0.1, 0.15) is 17.8 Å². The Hall–Kier alpha value is -2.50. The molecule has 2 aromatic rings. The maximum absolute atomic E-state index is 14.8. The van der Waals surface area contributed by atoms with Gasteiger partial charge in [-0.05, 0) is 99.8 Å². The van der Waals surface area contributed by atoms with Crippen molar-refractivity contribution >= 4 is 12.3 Å². The molecule has 4 fully saturated rings. The molecule has 46 heavy (non-hydrogen) atoms. The Balaban J connectivity index is 0.000000616. The predicted molar refractivity (Wildman–Crippen MR) is 188 cm³/mol. The molecule has 0 amide bonds. The second-order valence-electron chi connectivity index (χ2n) is 13.8. The van der Waals surface area contributed by atoms with Crippen LogP contribution in [0, 0.1) is 17.8 Å².